The number of likely N-dealkylation sites (N-methyl/N-ethyl adjacent to an activating group) is 1. The first-order valence-electron chi connectivity index (χ1n) is 5.29. The predicted molar refractivity (Wildman–Crippen MR) is 65.4 cm³/mol. The molecule has 0 radical (unpaired) electrons. The van der Waals surface area contributed by atoms with E-state index in [0.717, 1.165) is 11.2 Å². The number of carbonyl (C=O) groups excluding carboxylic acids is 1. The molecule has 1 heterocycles. The smallest absolute Gasteiger partial charge is 0.408 e. The third-order valence-electron chi connectivity index (χ3n) is 2.68. The molecule has 0 amide bonds. The lowest BCUT2D eigenvalue weighted by Crippen LogP contribution is -2.23. The van der Waals surface area contributed by atoms with E-state index in [4.69, 9.17) is 4.42 Å². The van der Waals surface area contributed by atoms with Crippen molar-refractivity contribution in [2.45, 2.75) is 6.92 Å². The molecule has 0 N–H and O–H groups in total. The van der Waals surface area contributed by atoms with E-state index in [0.29, 0.717) is 12.1 Å². The number of ketones is 1. The first-order chi connectivity index (χ1) is 7.99. The van der Waals surface area contributed by atoms with E-state index in [2.05, 4.69) is 0 Å². The number of hydrogen-bond donors (Lipinski definition) is 0. The number of anilines is 1. The minimum absolute atomic E-state index is 0.0914. The highest BCUT2D eigenvalue weighted by atomic mass is 16.4. The quantitative estimate of drug-likeness (QED) is 0.799. The van der Waals surface area contributed by atoms with Crippen LogP contribution in [0, 0.1) is 0 Å². The first kappa shape index (κ1) is 11.4. The van der Waals surface area contributed by atoms with Gasteiger partial charge in [0.15, 0.2) is 5.58 Å². The van der Waals surface area contributed by atoms with E-state index in [-0.39, 0.29) is 11.5 Å². The number of rotatable bonds is 3. The number of carbonyl (C=O) groups is 1. The Balaban J connectivity index is 2.46. The van der Waals surface area contributed by atoms with E-state index < -0.39 is 0 Å². The van der Waals surface area contributed by atoms with Crippen LogP contribution in [-0.2, 0) is 11.8 Å². The summed E-state index contributed by atoms with van der Waals surface area (Å²) < 4.78 is 6.48. The Morgan fingerprint density at radius 3 is 2.82 bits per heavy atom. The van der Waals surface area contributed by atoms with E-state index in [1.54, 1.807) is 20.0 Å². The van der Waals surface area contributed by atoms with Gasteiger partial charge in [-0.25, -0.2) is 4.79 Å². The monoisotopic (exact) mass is 234 g/mol. The topological polar surface area (TPSA) is 55.5 Å². The van der Waals surface area contributed by atoms with Gasteiger partial charge in [-0.3, -0.25) is 9.36 Å². The van der Waals surface area contributed by atoms with Gasteiger partial charge in [0, 0.05) is 19.8 Å². The van der Waals surface area contributed by atoms with Gasteiger partial charge < -0.3 is 9.32 Å². The van der Waals surface area contributed by atoms with Crippen LogP contribution < -0.4 is 10.7 Å². The summed E-state index contributed by atoms with van der Waals surface area (Å²) in [5.41, 5.74) is 2.16. The average Bonchev–Trinajstić information content (AvgIpc) is 2.54. The molecule has 0 atom stereocenters. The maximum absolute atomic E-state index is 11.3. The SMILES string of the molecule is CC(=O)CN(C)c1ccc2oc(=O)n(C)c2c1. The molecule has 0 aliphatic carbocycles. The van der Waals surface area contributed by atoms with Crippen molar-refractivity contribution >= 4 is 22.6 Å². The molecule has 5 heteroatoms. The van der Waals surface area contributed by atoms with Crippen LogP contribution in [0.3, 0.4) is 0 Å². The fourth-order valence-corrected chi connectivity index (χ4v) is 1.78. The zero-order valence-corrected chi connectivity index (χ0v) is 10.1. The second-order valence-corrected chi connectivity index (χ2v) is 4.14. The summed E-state index contributed by atoms with van der Waals surface area (Å²) >= 11 is 0. The Labute approximate surface area is 98.2 Å². The second kappa shape index (κ2) is 4.08. The van der Waals surface area contributed by atoms with Gasteiger partial charge in [0.05, 0.1) is 12.1 Å². The summed E-state index contributed by atoms with van der Waals surface area (Å²) in [6.45, 7) is 1.89. The number of aryl methyl sites for hydroxylation is 1. The molecule has 0 aliphatic rings. The molecule has 0 fully saturated rings. The van der Waals surface area contributed by atoms with Crippen LogP contribution in [0.25, 0.3) is 11.1 Å². The summed E-state index contributed by atoms with van der Waals surface area (Å²) in [5.74, 6) is -0.292. The highest BCUT2D eigenvalue weighted by Crippen LogP contribution is 2.20. The summed E-state index contributed by atoms with van der Waals surface area (Å²) in [5, 5.41) is 0. The van der Waals surface area contributed by atoms with Crippen molar-refractivity contribution in [3.63, 3.8) is 0 Å². The molecular weight excluding hydrogens is 220 g/mol. The van der Waals surface area contributed by atoms with Crippen molar-refractivity contribution in [2.75, 3.05) is 18.5 Å². The number of Topliss-reactive ketones (excluding diaryl/α,β-unsaturated/α-hetero) is 1. The Hall–Kier alpha value is -2.04. The average molecular weight is 234 g/mol. The number of fused-ring (bicyclic) bond motifs is 1. The van der Waals surface area contributed by atoms with Gasteiger partial charge >= 0.3 is 5.76 Å². The Morgan fingerprint density at radius 2 is 2.18 bits per heavy atom. The fraction of sp³-hybridized carbons (Fsp3) is 0.333. The normalized spacial score (nSPS) is 10.8. The molecule has 2 rings (SSSR count). The molecule has 2 aromatic rings. The van der Waals surface area contributed by atoms with Crippen molar-refractivity contribution in [3.8, 4) is 0 Å². The van der Waals surface area contributed by atoms with Crippen LogP contribution in [0.4, 0.5) is 5.69 Å². The van der Waals surface area contributed by atoms with Crippen molar-refractivity contribution in [2.24, 2.45) is 7.05 Å². The number of aromatic nitrogens is 1. The third kappa shape index (κ3) is 2.08. The molecule has 0 aliphatic heterocycles. The lowest BCUT2D eigenvalue weighted by molar-refractivity contribution is -0.115. The van der Waals surface area contributed by atoms with Gasteiger partial charge in [0.2, 0.25) is 0 Å². The number of benzene rings is 1. The van der Waals surface area contributed by atoms with Crippen LogP contribution in [0.15, 0.2) is 27.4 Å². The van der Waals surface area contributed by atoms with Crippen LogP contribution in [0.5, 0.6) is 0 Å². The number of oxazole rings is 1. The Kier molecular flexibility index (Phi) is 2.75. The maximum Gasteiger partial charge on any atom is 0.419 e. The number of hydrogen-bond acceptors (Lipinski definition) is 4. The van der Waals surface area contributed by atoms with Crippen molar-refractivity contribution in [3.05, 3.63) is 28.7 Å². The first-order valence-corrected chi connectivity index (χ1v) is 5.29. The second-order valence-electron chi connectivity index (χ2n) is 4.14. The predicted octanol–water partition coefficient (Wildman–Crippen LogP) is 1.16. The Morgan fingerprint density at radius 1 is 1.47 bits per heavy atom. The third-order valence-corrected chi connectivity index (χ3v) is 2.68. The molecule has 1 aromatic heterocycles. The molecule has 0 saturated heterocycles. The van der Waals surface area contributed by atoms with Gasteiger partial charge in [-0.15, -0.1) is 0 Å². The van der Waals surface area contributed by atoms with Gasteiger partial charge in [-0.05, 0) is 25.1 Å². The summed E-state index contributed by atoms with van der Waals surface area (Å²) in [6.07, 6.45) is 0. The van der Waals surface area contributed by atoms with Crippen molar-refractivity contribution < 1.29 is 9.21 Å². The highest BCUT2D eigenvalue weighted by molar-refractivity contribution is 5.83. The van der Waals surface area contributed by atoms with Crippen LogP contribution in [-0.4, -0.2) is 23.9 Å². The molecule has 5 nitrogen and oxygen atoms in total. The largest absolute Gasteiger partial charge is 0.419 e. The molecule has 0 saturated carbocycles. The molecular formula is C12H14N2O3. The molecule has 0 spiro atoms. The number of nitrogens with zero attached hydrogens (tertiary/aromatic N) is 2. The zero-order chi connectivity index (χ0) is 12.6. The van der Waals surface area contributed by atoms with Crippen molar-refractivity contribution in [1.29, 1.82) is 0 Å². The van der Waals surface area contributed by atoms with Gasteiger partial charge in [-0.1, -0.05) is 0 Å². The summed E-state index contributed by atoms with van der Waals surface area (Å²) in [7, 11) is 3.49. The lowest BCUT2D eigenvalue weighted by atomic mass is 10.2. The molecule has 0 bridgehead atoms. The van der Waals surface area contributed by atoms with Gasteiger partial charge in [0.1, 0.15) is 5.78 Å². The molecule has 1 aromatic carbocycles. The van der Waals surface area contributed by atoms with Gasteiger partial charge in [-0.2, -0.15) is 0 Å². The Bertz CT molecular complexity index is 624. The van der Waals surface area contributed by atoms with E-state index in [1.165, 1.54) is 4.57 Å². The molecule has 17 heavy (non-hydrogen) atoms. The summed E-state index contributed by atoms with van der Waals surface area (Å²) in [4.78, 5) is 24.2. The summed E-state index contributed by atoms with van der Waals surface area (Å²) in [6, 6.07) is 5.40. The minimum atomic E-state index is -0.383. The maximum atomic E-state index is 11.3. The van der Waals surface area contributed by atoms with Crippen LogP contribution in [0.2, 0.25) is 0 Å². The minimum Gasteiger partial charge on any atom is -0.408 e. The van der Waals surface area contributed by atoms with Crippen molar-refractivity contribution in [1.82, 2.24) is 4.57 Å². The molecule has 0 unspecified atom stereocenters. The highest BCUT2D eigenvalue weighted by Gasteiger charge is 2.09. The molecule has 90 valence electrons. The van der Waals surface area contributed by atoms with Crippen LogP contribution in [0.1, 0.15) is 6.92 Å². The standard InChI is InChI=1S/C12H14N2O3/c1-8(15)7-13(2)9-4-5-11-10(6-9)14(3)12(16)17-11/h4-6H,7H2,1-3H3. The zero-order valence-electron chi connectivity index (χ0n) is 10.1. The lowest BCUT2D eigenvalue weighted by Gasteiger charge is -2.17. The fourth-order valence-electron chi connectivity index (χ4n) is 1.78. The van der Waals surface area contributed by atoms with E-state index in [1.807, 2.05) is 24.1 Å². The van der Waals surface area contributed by atoms with Crippen LogP contribution >= 0.6 is 0 Å². The van der Waals surface area contributed by atoms with Gasteiger partial charge in [0.25, 0.3) is 0 Å². The van der Waals surface area contributed by atoms with E-state index >= 15 is 0 Å². The van der Waals surface area contributed by atoms with E-state index in [9.17, 15) is 9.59 Å².